The Kier molecular flexibility index (Phi) is 3.64. The highest BCUT2D eigenvalue weighted by molar-refractivity contribution is 5.86. The summed E-state index contributed by atoms with van der Waals surface area (Å²) in [6, 6.07) is 16.0. The molecular weight excluding hydrogens is 228 g/mol. The van der Waals surface area contributed by atoms with Gasteiger partial charge in [0.25, 0.3) is 0 Å². The van der Waals surface area contributed by atoms with Crippen molar-refractivity contribution < 1.29 is 9.59 Å². The molecule has 0 fully saturated rings. The van der Waals surface area contributed by atoms with E-state index in [1.807, 2.05) is 30.3 Å². The van der Waals surface area contributed by atoms with Crippen LogP contribution in [0.25, 0.3) is 0 Å². The summed E-state index contributed by atoms with van der Waals surface area (Å²) in [5.74, 6) is 0. The van der Waals surface area contributed by atoms with Crippen molar-refractivity contribution in [2.75, 3.05) is 4.90 Å². The Hall–Kier alpha value is -2.71. The molecule has 0 aliphatic rings. The second kappa shape index (κ2) is 5.57. The first-order valence-electron chi connectivity index (χ1n) is 5.32. The number of nitrogens with zero attached hydrogens (tertiary/aromatic N) is 2. The zero-order chi connectivity index (χ0) is 12.8. The van der Waals surface area contributed by atoms with E-state index in [9.17, 15) is 9.59 Å². The van der Waals surface area contributed by atoms with Crippen LogP contribution in [0.3, 0.4) is 0 Å². The molecule has 1 amide bonds. The number of amides is 1. The van der Waals surface area contributed by atoms with Crippen LogP contribution in [0.2, 0.25) is 0 Å². The van der Waals surface area contributed by atoms with Crippen LogP contribution in [-0.2, 0) is 9.59 Å². The van der Waals surface area contributed by atoms with E-state index in [2.05, 4.69) is 4.99 Å². The van der Waals surface area contributed by atoms with Crippen LogP contribution in [0.4, 0.5) is 17.1 Å². The summed E-state index contributed by atoms with van der Waals surface area (Å²) < 4.78 is 0. The lowest BCUT2D eigenvalue weighted by molar-refractivity contribution is -0.106. The zero-order valence-electron chi connectivity index (χ0n) is 9.48. The summed E-state index contributed by atoms with van der Waals surface area (Å²) in [4.78, 5) is 26.3. The Morgan fingerprint density at radius 1 is 0.944 bits per heavy atom. The van der Waals surface area contributed by atoms with E-state index in [0.29, 0.717) is 11.4 Å². The molecule has 0 atom stereocenters. The van der Waals surface area contributed by atoms with Crippen molar-refractivity contribution in [2.24, 2.45) is 4.99 Å². The monoisotopic (exact) mass is 238 g/mol. The van der Waals surface area contributed by atoms with Gasteiger partial charge in [-0.05, 0) is 36.4 Å². The number of isocyanates is 1. The van der Waals surface area contributed by atoms with Gasteiger partial charge in [0.1, 0.15) is 0 Å². The number of carbonyl (C=O) groups is 1. The Morgan fingerprint density at radius 3 is 2.11 bits per heavy atom. The quantitative estimate of drug-likeness (QED) is 0.467. The molecule has 4 nitrogen and oxygen atoms in total. The van der Waals surface area contributed by atoms with Crippen molar-refractivity contribution in [3.8, 4) is 0 Å². The molecule has 0 aliphatic heterocycles. The van der Waals surface area contributed by atoms with Gasteiger partial charge >= 0.3 is 0 Å². The van der Waals surface area contributed by atoms with Gasteiger partial charge < -0.3 is 0 Å². The third kappa shape index (κ3) is 2.51. The fraction of sp³-hybridized carbons (Fsp3) is 0. The van der Waals surface area contributed by atoms with Crippen LogP contribution < -0.4 is 4.90 Å². The van der Waals surface area contributed by atoms with Crippen LogP contribution in [0, 0.1) is 0 Å². The zero-order valence-corrected chi connectivity index (χ0v) is 9.48. The molecule has 0 saturated heterocycles. The minimum absolute atomic E-state index is 0.507. The van der Waals surface area contributed by atoms with E-state index in [1.165, 1.54) is 11.0 Å². The highest BCUT2D eigenvalue weighted by Gasteiger charge is 2.06. The van der Waals surface area contributed by atoms with Gasteiger partial charge in [0.15, 0.2) is 0 Å². The highest BCUT2D eigenvalue weighted by Crippen LogP contribution is 2.25. The molecule has 0 aliphatic carbocycles. The van der Waals surface area contributed by atoms with Crippen LogP contribution >= 0.6 is 0 Å². The first-order chi connectivity index (χ1) is 8.85. The lowest BCUT2D eigenvalue weighted by atomic mass is 10.2. The standard InChI is InChI=1S/C14H10N2O2/c17-10-15-12-6-8-14(9-7-12)16(11-18)13-4-2-1-3-5-13/h1-9,11H. The summed E-state index contributed by atoms with van der Waals surface area (Å²) >= 11 is 0. The van der Waals surface area contributed by atoms with Crippen molar-refractivity contribution in [1.82, 2.24) is 0 Å². The SMILES string of the molecule is O=C=Nc1ccc(N(C=O)c2ccccc2)cc1. The van der Waals surface area contributed by atoms with Crippen molar-refractivity contribution in [1.29, 1.82) is 0 Å². The van der Waals surface area contributed by atoms with Crippen LogP contribution in [0.5, 0.6) is 0 Å². The third-order valence-corrected chi connectivity index (χ3v) is 2.44. The maximum absolute atomic E-state index is 11.2. The van der Waals surface area contributed by atoms with Crippen molar-refractivity contribution in [3.63, 3.8) is 0 Å². The molecule has 18 heavy (non-hydrogen) atoms. The molecule has 0 unspecified atom stereocenters. The van der Waals surface area contributed by atoms with Crippen LogP contribution in [0.15, 0.2) is 59.6 Å². The van der Waals surface area contributed by atoms with Crippen molar-refractivity contribution in [3.05, 3.63) is 54.6 Å². The Balaban J connectivity index is 2.34. The molecule has 0 spiro atoms. The van der Waals surface area contributed by atoms with E-state index in [-0.39, 0.29) is 0 Å². The number of benzene rings is 2. The summed E-state index contributed by atoms with van der Waals surface area (Å²) in [6.45, 7) is 0. The smallest absolute Gasteiger partial charge is 0.240 e. The van der Waals surface area contributed by atoms with Gasteiger partial charge in [0.2, 0.25) is 12.5 Å². The van der Waals surface area contributed by atoms with Crippen LogP contribution in [0.1, 0.15) is 0 Å². The first-order valence-corrected chi connectivity index (χ1v) is 5.32. The normalized spacial score (nSPS) is 9.33. The number of anilines is 2. The molecule has 0 N–H and O–H groups in total. The fourth-order valence-corrected chi connectivity index (χ4v) is 1.60. The molecule has 2 rings (SSSR count). The molecule has 88 valence electrons. The van der Waals surface area contributed by atoms with Gasteiger partial charge in [-0.3, -0.25) is 9.69 Å². The number of aliphatic imine (C=N–C) groups is 1. The topological polar surface area (TPSA) is 49.7 Å². The lowest BCUT2D eigenvalue weighted by Crippen LogP contribution is -2.13. The second-order valence-corrected chi connectivity index (χ2v) is 3.53. The molecule has 0 aromatic heterocycles. The Bertz CT molecular complexity index is 573. The summed E-state index contributed by atoms with van der Waals surface area (Å²) in [7, 11) is 0. The van der Waals surface area contributed by atoms with E-state index in [4.69, 9.17) is 0 Å². The van der Waals surface area contributed by atoms with Gasteiger partial charge in [-0.1, -0.05) is 18.2 Å². The van der Waals surface area contributed by atoms with Gasteiger partial charge in [0.05, 0.1) is 5.69 Å². The van der Waals surface area contributed by atoms with Crippen LogP contribution in [-0.4, -0.2) is 12.5 Å². The van der Waals surface area contributed by atoms with E-state index in [0.717, 1.165) is 12.1 Å². The Labute approximate surface area is 104 Å². The maximum Gasteiger partial charge on any atom is 0.240 e. The molecule has 0 saturated carbocycles. The molecule has 0 radical (unpaired) electrons. The van der Waals surface area contributed by atoms with E-state index < -0.39 is 0 Å². The van der Waals surface area contributed by atoms with Gasteiger partial charge in [0, 0.05) is 11.4 Å². The largest absolute Gasteiger partial charge is 0.284 e. The number of carbonyl (C=O) groups excluding carboxylic acids is 2. The lowest BCUT2D eigenvalue weighted by Gasteiger charge is -2.17. The van der Waals surface area contributed by atoms with Crippen molar-refractivity contribution in [2.45, 2.75) is 0 Å². The third-order valence-electron chi connectivity index (χ3n) is 2.44. The van der Waals surface area contributed by atoms with Crippen molar-refractivity contribution >= 4 is 29.6 Å². The molecule has 4 heteroatoms. The Morgan fingerprint density at radius 2 is 1.56 bits per heavy atom. The average Bonchev–Trinajstić information content (AvgIpc) is 2.43. The molecule has 2 aromatic carbocycles. The molecule has 0 heterocycles. The summed E-state index contributed by atoms with van der Waals surface area (Å²) in [5, 5.41) is 0. The second-order valence-electron chi connectivity index (χ2n) is 3.53. The molecule has 2 aromatic rings. The molecular formula is C14H10N2O2. The highest BCUT2D eigenvalue weighted by atomic mass is 16.1. The summed E-state index contributed by atoms with van der Waals surface area (Å²) in [6.07, 6.45) is 2.21. The minimum Gasteiger partial charge on any atom is -0.284 e. The summed E-state index contributed by atoms with van der Waals surface area (Å²) in [5.41, 5.74) is 1.99. The van der Waals surface area contributed by atoms with Gasteiger partial charge in [-0.15, -0.1) is 0 Å². The van der Waals surface area contributed by atoms with E-state index in [1.54, 1.807) is 24.3 Å². The van der Waals surface area contributed by atoms with Gasteiger partial charge in [-0.25, -0.2) is 4.79 Å². The number of hydrogen-bond donors (Lipinski definition) is 0. The number of para-hydroxylation sites is 1. The van der Waals surface area contributed by atoms with Gasteiger partial charge in [-0.2, -0.15) is 4.99 Å². The number of rotatable bonds is 4. The average molecular weight is 238 g/mol. The van der Waals surface area contributed by atoms with E-state index >= 15 is 0 Å². The predicted octanol–water partition coefficient (Wildman–Crippen LogP) is 2.95. The maximum atomic E-state index is 11.2. The number of hydrogen-bond acceptors (Lipinski definition) is 3. The minimum atomic E-state index is 0.507. The fourth-order valence-electron chi connectivity index (χ4n) is 1.60. The first kappa shape index (κ1) is 11.8. The predicted molar refractivity (Wildman–Crippen MR) is 68.9 cm³/mol. The molecule has 0 bridgehead atoms.